The molecular weight excluding hydrogens is 594 g/mol. The fraction of sp³-hybridized carbons (Fsp3) is 0.0833. The molecule has 1 heterocycles. The summed E-state index contributed by atoms with van der Waals surface area (Å²) in [5.41, 5.74) is 2.80. The van der Waals surface area contributed by atoms with Crippen molar-refractivity contribution in [3.63, 3.8) is 0 Å². The second-order valence-electron chi connectivity index (χ2n) is 6.95. The van der Waals surface area contributed by atoms with Crippen LogP contribution in [0.15, 0.2) is 80.6 Å². The quantitative estimate of drug-likeness (QED) is 0.210. The summed E-state index contributed by atoms with van der Waals surface area (Å²) in [6.45, 7) is 0.805. The summed E-state index contributed by atoms with van der Waals surface area (Å²) in [6, 6.07) is 21.2. The molecule has 1 aliphatic rings. The first kappa shape index (κ1) is 23.5. The van der Waals surface area contributed by atoms with Crippen molar-refractivity contribution < 1.29 is 9.53 Å². The molecule has 0 unspecified atom stereocenters. The number of halogens is 3. The molecule has 0 bridgehead atoms. The molecular formula is C24H16Br2ClNO2S2. The minimum absolute atomic E-state index is 0.0878. The molecule has 0 saturated carbocycles. The number of carbonyl (C=O) groups excluding carboxylic acids is 1. The smallest absolute Gasteiger partial charge is 0.266 e. The van der Waals surface area contributed by atoms with Gasteiger partial charge in [-0.1, -0.05) is 84.1 Å². The van der Waals surface area contributed by atoms with Crippen molar-refractivity contribution in [2.24, 2.45) is 0 Å². The number of hydrogen-bond donors (Lipinski definition) is 0. The summed E-state index contributed by atoms with van der Waals surface area (Å²) >= 11 is 20.1. The maximum absolute atomic E-state index is 12.9. The summed E-state index contributed by atoms with van der Waals surface area (Å²) < 4.78 is 8.08. The number of thiocarbonyl (C=S) groups is 1. The number of hydrogen-bond acceptors (Lipinski definition) is 4. The van der Waals surface area contributed by atoms with Crippen molar-refractivity contribution in [2.75, 3.05) is 0 Å². The summed E-state index contributed by atoms with van der Waals surface area (Å²) in [5, 5.41) is 0.661. The van der Waals surface area contributed by atoms with Gasteiger partial charge in [-0.3, -0.25) is 9.69 Å². The molecule has 0 N–H and O–H groups in total. The molecule has 0 radical (unpaired) electrons. The van der Waals surface area contributed by atoms with Gasteiger partial charge < -0.3 is 4.74 Å². The van der Waals surface area contributed by atoms with E-state index in [4.69, 9.17) is 28.6 Å². The van der Waals surface area contributed by atoms with Gasteiger partial charge in [-0.25, -0.2) is 0 Å². The van der Waals surface area contributed by atoms with E-state index in [2.05, 4.69) is 31.9 Å². The zero-order valence-corrected chi connectivity index (χ0v) is 22.1. The molecule has 0 aromatic heterocycles. The molecule has 8 heteroatoms. The van der Waals surface area contributed by atoms with E-state index in [0.29, 0.717) is 33.1 Å². The van der Waals surface area contributed by atoms with Gasteiger partial charge in [0.1, 0.15) is 16.7 Å². The van der Waals surface area contributed by atoms with Crippen molar-refractivity contribution in [3.8, 4) is 5.75 Å². The van der Waals surface area contributed by atoms with Crippen LogP contribution in [0.3, 0.4) is 0 Å². The Bertz CT molecular complexity index is 1190. The zero-order valence-electron chi connectivity index (χ0n) is 16.6. The van der Waals surface area contributed by atoms with Gasteiger partial charge in [0.2, 0.25) is 0 Å². The van der Waals surface area contributed by atoms with Crippen LogP contribution in [0.25, 0.3) is 6.08 Å². The summed E-state index contributed by atoms with van der Waals surface area (Å²) in [6.07, 6.45) is 1.84. The Kier molecular flexibility index (Phi) is 7.74. The topological polar surface area (TPSA) is 29.5 Å². The highest BCUT2D eigenvalue weighted by molar-refractivity contribution is 9.11. The zero-order chi connectivity index (χ0) is 22.7. The van der Waals surface area contributed by atoms with E-state index in [0.717, 1.165) is 25.6 Å². The lowest BCUT2D eigenvalue weighted by Gasteiger charge is -2.14. The first-order chi connectivity index (χ1) is 15.4. The molecule has 1 saturated heterocycles. The number of benzene rings is 3. The third-order valence-corrected chi connectivity index (χ3v) is 7.63. The van der Waals surface area contributed by atoms with Crippen molar-refractivity contribution in [1.82, 2.24) is 4.90 Å². The van der Waals surface area contributed by atoms with Gasteiger partial charge in [-0.2, -0.15) is 0 Å². The molecule has 0 aliphatic carbocycles. The maximum atomic E-state index is 12.9. The van der Waals surface area contributed by atoms with Crippen LogP contribution in [0.4, 0.5) is 0 Å². The van der Waals surface area contributed by atoms with Crippen LogP contribution in [0.1, 0.15) is 16.7 Å². The van der Waals surface area contributed by atoms with E-state index in [1.54, 1.807) is 4.90 Å². The third-order valence-electron chi connectivity index (χ3n) is 4.71. The molecule has 0 spiro atoms. The molecule has 1 aliphatic heterocycles. The molecule has 32 heavy (non-hydrogen) atoms. The number of nitrogens with zero attached hydrogens (tertiary/aromatic N) is 1. The second-order valence-corrected chi connectivity index (χ2v) is 10.7. The molecule has 1 amide bonds. The van der Waals surface area contributed by atoms with E-state index in [9.17, 15) is 4.79 Å². The number of rotatable bonds is 6. The van der Waals surface area contributed by atoms with Crippen molar-refractivity contribution >= 4 is 83.7 Å². The molecule has 162 valence electrons. The van der Waals surface area contributed by atoms with Crippen LogP contribution in [-0.2, 0) is 17.9 Å². The average molecular weight is 610 g/mol. The Morgan fingerprint density at radius 3 is 2.38 bits per heavy atom. The highest BCUT2D eigenvalue weighted by Crippen LogP contribution is 2.38. The van der Waals surface area contributed by atoms with Crippen molar-refractivity contribution in [1.29, 1.82) is 0 Å². The average Bonchev–Trinajstić information content (AvgIpc) is 3.02. The Labute approximate surface area is 218 Å². The molecule has 3 aromatic carbocycles. The fourth-order valence-corrected chi connectivity index (χ4v) is 6.02. The van der Waals surface area contributed by atoms with Crippen LogP contribution in [0.2, 0.25) is 5.02 Å². The van der Waals surface area contributed by atoms with Gasteiger partial charge in [0.25, 0.3) is 5.91 Å². The van der Waals surface area contributed by atoms with E-state index in [1.165, 1.54) is 11.8 Å². The van der Waals surface area contributed by atoms with Gasteiger partial charge in [-0.15, -0.1) is 0 Å². The number of amides is 1. The molecule has 3 nitrogen and oxygen atoms in total. The van der Waals surface area contributed by atoms with Crippen molar-refractivity contribution in [3.05, 3.63) is 102 Å². The Hall–Kier alpha value is -1.64. The van der Waals surface area contributed by atoms with Crippen LogP contribution in [0, 0.1) is 0 Å². The van der Waals surface area contributed by atoms with Gasteiger partial charge in [-0.05, 0) is 67.3 Å². The molecule has 3 aromatic rings. The standard InChI is InChI=1S/C24H16Br2ClNO2S2/c25-18-10-16(11-19(26)22(18)30-14-17-8-4-5-9-20(17)27)12-21-23(29)28(24(31)32-21)13-15-6-2-1-3-7-15/h1-12H,13-14H2/b21-12-. The maximum Gasteiger partial charge on any atom is 0.266 e. The lowest BCUT2D eigenvalue weighted by molar-refractivity contribution is -0.122. The van der Waals surface area contributed by atoms with E-state index in [-0.39, 0.29) is 5.91 Å². The van der Waals surface area contributed by atoms with E-state index >= 15 is 0 Å². The number of carbonyl (C=O) groups is 1. The Morgan fingerprint density at radius 1 is 1.03 bits per heavy atom. The predicted molar refractivity (Wildman–Crippen MR) is 143 cm³/mol. The lowest BCUT2D eigenvalue weighted by atomic mass is 10.2. The van der Waals surface area contributed by atoms with Gasteiger partial charge in [0.05, 0.1) is 20.4 Å². The summed E-state index contributed by atoms with van der Waals surface area (Å²) in [7, 11) is 0. The van der Waals surface area contributed by atoms with Crippen LogP contribution in [-0.4, -0.2) is 15.1 Å². The van der Waals surface area contributed by atoms with Crippen LogP contribution < -0.4 is 4.74 Å². The predicted octanol–water partition coefficient (Wildman–Crippen LogP) is 7.85. The molecule has 4 rings (SSSR count). The van der Waals surface area contributed by atoms with Crippen molar-refractivity contribution in [2.45, 2.75) is 13.2 Å². The van der Waals surface area contributed by atoms with E-state index < -0.39 is 0 Å². The largest absolute Gasteiger partial charge is 0.486 e. The first-order valence-corrected chi connectivity index (χ1v) is 12.8. The monoisotopic (exact) mass is 607 g/mol. The molecule has 0 atom stereocenters. The third kappa shape index (κ3) is 5.46. The number of thioether (sulfide) groups is 1. The van der Waals surface area contributed by atoms with E-state index in [1.807, 2.05) is 72.8 Å². The first-order valence-electron chi connectivity index (χ1n) is 9.57. The summed E-state index contributed by atoms with van der Waals surface area (Å²) in [5.74, 6) is 0.578. The Morgan fingerprint density at radius 2 is 1.69 bits per heavy atom. The van der Waals surface area contributed by atoms with Crippen LogP contribution in [0.5, 0.6) is 5.75 Å². The highest BCUT2D eigenvalue weighted by atomic mass is 79.9. The Balaban J connectivity index is 1.51. The minimum Gasteiger partial charge on any atom is -0.486 e. The SMILES string of the molecule is O=C1/C(=C/c2cc(Br)c(OCc3ccccc3Cl)c(Br)c2)SC(=S)N1Cc1ccccc1. The minimum atomic E-state index is -0.0878. The molecule has 1 fully saturated rings. The fourth-order valence-electron chi connectivity index (χ4n) is 3.12. The lowest BCUT2D eigenvalue weighted by Crippen LogP contribution is -2.27. The number of ether oxygens (including phenoxy) is 1. The highest BCUT2D eigenvalue weighted by Gasteiger charge is 2.32. The second kappa shape index (κ2) is 10.5. The van der Waals surface area contributed by atoms with Gasteiger partial charge in [0, 0.05) is 10.6 Å². The van der Waals surface area contributed by atoms with Gasteiger partial charge >= 0.3 is 0 Å². The van der Waals surface area contributed by atoms with Crippen LogP contribution >= 0.6 is 67.4 Å². The normalized spacial score (nSPS) is 15.0. The summed E-state index contributed by atoms with van der Waals surface area (Å²) in [4.78, 5) is 15.2. The van der Waals surface area contributed by atoms with Gasteiger partial charge in [0.15, 0.2) is 0 Å².